The molecule has 14 heavy (non-hydrogen) atoms. The van der Waals surface area contributed by atoms with Crippen LogP contribution in [0.2, 0.25) is 0 Å². The second-order valence-electron chi connectivity index (χ2n) is 4.06. The number of halogens is 1. The van der Waals surface area contributed by atoms with Gasteiger partial charge in [0, 0.05) is 18.0 Å². The smallest absolute Gasteiger partial charge is 0.0235 e. The summed E-state index contributed by atoms with van der Waals surface area (Å²) in [5.41, 5.74) is 0. The third-order valence-corrected chi connectivity index (χ3v) is 2.37. The minimum absolute atomic E-state index is 0.634. The van der Waals surface area contributed by atoms with E-state index < -0.39 is 0 Å². The molecule has 0 aliphatic rings. The molecule has 0 aliphatic carbocycles. The maximum atomic E-state index is 5.52. The lowest BCUT2D eigenvalue weighted by Crippen LogP contribution is -2.27. The second-order valence-corrected chi connectivity index (χ2v) is 4.44. The highest BCUT2D eigenvalue weighted by atomic mass is 35.5. The normalized spacial score (nSPS) is 10.7. The first kappa shape index (κ1) is 16.6. The van der Waals surface area contributed by atoms with Crippen LogP contribution < -0.4 is 5.32 Å². The number of nitrogens with zero attached hydrogens (tertiary/aromatic N) is 1. The Morgan fingerprint density at radius 1 is 1.21 bits per heavy atom. The molecule has 0 heterocycles. The summed E-state index contributed by atoms with van der Waals surface area (Å²) < 4.78 is 0. The summed E-state index contributed by atoms with van der Waals surface area (Å²) in [5.74, 6) is 0.775. The minimum Gasteiger partial charge on any atom is -0.318 e. The van der Waals surface area contributed by atoms with E-state index in [9.17, 15) is 0 Å². The molecule has 0 radical (unpaired) electrons. The third kappa shape index (κ3) is 14.7. The van der Waals surface area contributed by atoms with Crippen molar-refractivity contribution in [3.8, 4) is 0 Å². The van der Waals surface area contributed by atoms with Gasteiger partial charge in [-0.05, 0) is 40.9 Å². The zero-order chi connectivity index (χ0) is 11.6. The van der Waals surface area contributed by atoms with E-state index in [1.165, 1.54) is 0 Å². The highest BCUT2D eigenvalue weighted by molar-refractivity contribution is 6.17. The van der Waals surface area contributed by atoms with Gasteiger partial charge in [0.15, 0.2) is 0 Å². The summed E-state index contributed by atoms with van der Waals surface area (Å²) in [4.78, 5) is 2.29. The Labute approximate surface area is 95.0 Å². The van der Waals surface area contributed by atoms with Gasteiger partial charge in [0.2, 0.25) is 0 Å². The Balaban J connectivity index is 0. The van der Waals surface area contributed by atoms with Crippen LogP contribution in [0.1, 0.15) is 34.1 Å². The third-order valence-electron chi connectivity index (χ3n) is 2.10. The average molecular weight is 223 g/mol. The van der Waals surface area contributed by atoms with E-state index in [1.807, 2.05) is 7.05 Å². The van der Waals surface area contributed by atoms with E-state index in [-0.39, 0.29) is 0 Å². The van der Waals surface area contributed by atoms with Gasteiger partial charge in [-0.1, -0.05) is 13.8 Å². The zero-order valence-corrected chi connectivity index (χ0v) is 11.4. The van der Waals surface area contributed by atoms with Crippen molar-refractivity contribution in [1.82, 2.24) is 10.2 Å². The fourth-order valence-electron chi connectivity index (χ4n) is 0.567. The van der Waals surface area contributed by atoms with Crippen molar-refractivity contribution in [1.29, 1.82) is 0 Å². The van der Waals surface area contributed by atoms with E-state index in [0.29, 0.717) is 12.1 Å². The minimum atomic E-state index is 0.634. The fraction of sp³-hybridized carbons (Fsp3) is 1.00. The zero-order valence-electron chi connectivity index (χ0n) is 10.6. The number of rotatable bonds is 5. The Morgan fingerprint density at radius 3 is 1.86 bits per heavy atom. The van der Waals surface area contributed by atoms with E-state index in [1.54, 1.807) is 0 Å². The van der Waals surface area contributed by atoms with Gasteiger partial charge in [0.1, 0.15) is 0 Å². The van der Waals surface area contributed by atoms with Crippen LogP contribution in [-0.2, 0) is 0 Å². The SMILES string of the molecule is CC(C)N(C)CCCCl.CNC(C)C. The van der Waals surface area contributed by atoms with E-state index >= 15 is 0 Å². The molecule has 0 rings (SSSR count). The molecule has 0 bridgehead atoms. The number of nitrogens with one attached hydrogen (secondary N) is 1. The van der Waals surface area contributed by atoms with Gasteiger partial charge >= 0.3 is 0 Å². The van der Waals surface area contributed by atoms with Crippen LogP contribution in [0.5, 0.6) is 0 Å². The molecule has 0 aromatic rings. The van der Waals surface area contributed by atoms with E-state index in [2.05, 4.69) is 45.0 Å². The summed E-state index contributed by atoms with van der Waals surface area (Å²) in [6, 6.07) is 1.28. The molecule has 0 unspecified atom stereocenters. The van der Waals surface area contributed by atoms with Gasteiger partial charge in [-0.15, -0.1) is 11.6 Å². The summed E-state index contributed by atoms with van der Waals surface area (Å²) in [5, 5.41) is 3.03. The van der Waals surface area contributed by atoms with Crippen molar-refractivity contribution in [2.24, 2.45) is 0 Å². The van der Waals surface area contributed by atoms with Gasteiger partial charge < -0.3 is 10.2 Å². The largest absolute Gasteiger partial charge is 0.318 e. The average Bonchev–Trinajstić information content (AvgIpc) is 2.14. The monoisotopic (exact) mass is 222 g/mol. The predicted molar refractivity (Wildman–Crippen MR) is 67.3 cm³/mol. The lowest BCUT2D eigenvalue weighted by atomic mass is 10.3. The van der Waals surface area contributed by atoms with Crippen LogP contribution in [0.25, 0.3) is 0 Å². The topological polar surface area (TPSA) is 15.3 Å². The molecule has 0 aromatic heterocycles. The van der Waals surface area contributed by atoms with Gasteiger partial charge in [-0.25, -0.2) is 0 Å². The van der Waals surface area contributed by atoms with Crippen LogP contribution >= 0.6 is 11.6 Å². The van der Waals surface area contributed by atoms with Crippen LogP contribution in [-0.4, -0.2) is 43.5 Å². The molecule has 0 aromatic carbocycles. The first-order valence-corrected chi connectivity index (χ1v) is 5.92. The van der Waals surface area contributed by atoms with Crippen LogP contribution in [0.4, 0.5) is 0 Å². The fourth-order valence-corrected chi connectivity index (χ4v) is 0.687. The first-order valence-electron chi connectivity index (χ1n) is 5.39. The van der Waals surface area contributed by atoms with Crippen molar-refractivity contribution in [2.45, 2.75) is 46.2 Å². The van der Waals surface area contributed by atoms with Gasteiger partial charge in [0.25, 0.3) is 0 Å². The molecule has 3 heteroatoms. The van der Waals surface area contributed by atoms with Crippen molar-refractivity contribution < 1.29 is 0 Å². The second kappa shape index (κ2) is 11.3. The van der Waals surface area contributed by atoms with E-state index in [4.69, 9.17) is 11.6 Å². The van der Waals surface area contributed by atoms with Gasteiger partial charge in [-0.3, -0.25) is 0 Å². The first-order chi connectivity index (χ1) is 6.45. The van der Waals surface area contributed by atoms with Gasteiger partial charge in [-0.2, -0.15) is 0 Å². The molecule has 0 fully saturated rings. The Morgan fingerprint density at radius 2 is 1.64 bits per heavy atom. The Kier molecular flexibility index (Phi) is 13.4. The summed E-state index contributed by atoms with van der Waals surface area (Å²) >= 11 is 5.52. The number of hydrogen-bond donors (Lipinski definition) is 1. The molecule has 1 N–H and O–H groups in total. The van der Waals surface area contributed by atoms with Crippen LogP contribution in [0.3, 0.4) is 0 Å². The molecule has 0 aliphatic heterocycles. The molecular weight excluding hydrogens is 196 g/mol. The molecule has 0 saturated carbocycles. The maximum Gasteiger partial charge on any atom is 0.0235 e. The molecule has 0 saturated heterocycles. The highest BCUT2D eigenvalue weighted by Gasteiger charge is 1.99. The lowest BCUT2D eigenvalue weighted by Gasteiger charge is -2.19. The van der Waals surface area contributed by atoms with Crippen molar-refractivity contribution in [3.05, 3.63) is 0 Å². The molecule has 88 valence electrons. The van der Waals surface area contributed by atoms with Gasteiger partial charge in [0.05, 0.1) is 0 Å². The lowest BCUT2D eigenvalue weighted by molar-refractivity contribution is 0.275. The Hall–Kier alpha value is 0.210. The summed E-state index contributed by atoms with van der Waals surface area (Å²) in [6.07, 6.45) is 1.09. The summed E-state index contributed by atoms with van der Waals surface area (Å²) in [7, 11) is 4.07. The molecule has 0 amide bonds. The van der Waals surface area contributed by atoms with Crippen molar-refractivity contribution in [2.75, 3.05) is 26.5 Å². The van der Waals surface area contributed by atoms with Crippen molar-refractivity contribution in [3.63, 3.8) is 0 Å². The maximum absolute atomic E-state index is 5.52. The van der Waals surface area contributed by atoms with Crippen molar-refractivity contribution >= 4 is 11.6 Å². The summed E-state index contributed by atoms with van der Waals surface area (Å²) in [6.45, 7) is 9.71. The Bertz CT molecular complexity index is 105. The quantitative estimate of drug-likeness (QED) is 0.720. The predicted octanol–water partition coefficient (Wildman–Crippen LogP) is 2.57. The molecule has 2 nitrogen and oxygen atoms in total. The number of alkyl halides is 1. The standard InChI is InChI=1S/C7H16ClN.C4H11N/c1-7(2)9(3)6-4-5-8;1-4(2)5-3/h7H,4-6H2,1-3H3;4-5H,1-3H3. The molecule has 0 atom stereocenters. The van der Waals surface area contributed by atoms with Crippen LogP contribution in [0, 0.1) is 0 Å². The number of hydrogen-bond acceptors (Lipinski definition) is 2. The van der Waals surface area contributed by atoms with E-state index in [0.717, 1.165) is 18.8 Å². The van der Waals surface area contributed by atoms with Crippen LogP contribution in [0.15, 0.2) is 0 Å². The molecular formula is C11H27ClN2. The molecule has 0 spiro atoms. The highest BCUT2D eigenvalue weighted by Crippen LogP contribution is 1.95.